The molecule has 0 spiro atoms. The number of amides is 1. The normalized spacial score (nSPS) is 14.4. The molecule has 1 aliphatic rings. The summed E-state index contributed by atoms with van der Waals surface area (Å²) in [5.74, 6) is -0.475. The van der Waals surface area contributed by atoms with Crippen molar-refractivity contribution in [1.29, 1.82) is 0 Å². The van der Waals surface area contributed by atoms with Crippen LogP contribution in [0.25, 0.3) is 11.0 Å². The summed E-state index contributed by atoms with van der Waals surface area (Å²) in [5, 5.41) is 3.51. The lowest BCUT2D eigenvalue weighted by atomic mass is 10.1. The molecule has 1 aromatic heterocycles. The Kier molecular flexibility index (Phi) is 5.91. The van der Waals surface area contributed by atoms with E-state index in [1.165, 1.54) is 5.56 Å². The van der Waals surface area contributed by atoms with E-state index in [2.05, 4.69) is 39.4 Å². The van der Waals surface area contributed by atoms with Gasteiger partial charge >= 0.3 is 5.63 Å². The van der Waals surface area contributed by atoms with Gasteiger partial charge in [-0.2, -0.15) is 0 Å². The minimum absolute atomic E-state index is 0.00712. The van der Waals surface area contributed by atoms with Crippen LogP contribution in [0.5, 0.6) is 0 Å². The number of para-hydroxylation sites is 1. The summed E-state index contributed by atoms with van der Waals surface area (Å²) in [5.41, 5.74) is 2.92. The van der Waals surface area contributed by atoms with E-state index in [4.69, 9.17) is 4.42 Å². The fourth-order valence-corrected chi connectivity index (χ4v) is 4.18. The number of hydrogen-bond donors (Lipinski definition) is 1. The minimum atomic E-state index is -0.642. The number of hydrogen-bond acceptors (Lipinski definition) is 5. The van der Waals surface area contributed by atoms with Crippen molar-refractivity contribution in [2.75, 3.05) is 36.4 Å². The Morgan fingerprint density at radius 1 is 0.848 bits per heavy atom. The summed E-state index contributed by atoms with van der Waals surface area (Å²) in [7, 11) is 0. The Morgan fingerprint density at radius 3 is 2.30 bits per heavy atom. The second kappa shape index (κ2) is 9.30. The molecule has 4 aromatic rings. The van der Waals surface area contributed by atoms with Crippen LogP contribution < -0.4 is 15.8 Å². The quantitative estimate of drug-likeness (QED) is 0.468. The molecule has 6 nitrogen and oxygen atoms in total. The number of carbonyl (C=O) groups excluding carboxylic acids is 1. The van der Waals surface area contributed by atoms with Gasteiger partial charge in [-0.05, 0) is 42.0 Å². The first-order valence-electron chi connectivity index (χ1n) is 11.1. The van der Waals surface area contributed by atoms with Gasteiger partial charge in [-0.1, -0.05) is 48.5 Å². The van der Waals surface area contributed by atoms with Gasteiger partial charge in [0.25, 0.3) is 5.91 Å². The van der Waals surface area contributed by atoms with Gasteiger partial charge < -0.3 is 14.6 Å². The summed E-state index contributed by atoms with van der Waals surface area (Å²) < 4.78 is 5.27. The van der Waals surface area contributed by atoms with E-state index in [0.717, 1.165) is 38.4 Å². The van der Waals surface area contributed by atoms with E-state index in [0.29, 0.717) is 16.7 Å². The average Bonchev–Trinajstić information content (AvgIpc) is 2.85. The highest BCUT2D eigenvalue weighted by Gasteiger charge is 2.18. The molecule has 0 bridgehead atoms. The molecule has 6 heteroatoms. The zero-order valence-corrected chi connectivity index (χ0v) is 18.2. The highest BCUT2D eigenvalue weighted by molar-refractivity contribution is 6.05. The molecule has 1 saturated heterocycles. The Balaban J connectivity index is 1.20. The maximum atomic E-state index is 12.7. The van der Waals surface area contributed by atoms with E-state index in [-0.39, 0.29) is 5.56 Å². The molecule has 0 atom stereocenters. The first-order valence-corrected chi connectivity index (χ1v) is 11.1. The fourth-order valence-electron chi connectivity index (χ4n) is 4.18. The molecule has 0 unspecified atom stereocenters. The third kappa shape index (κ3) is 4.81. The van der Waals surface area contributed by atoms with Gasteiger partial charge in [-0.3, -0.25) is 9.69 Å². The molecule has 1 fully saturated rings. The Labute approximate surface area is 192 Å². The number of nitrogens with zero attached hydrogens (tertiary/aromatic N) is 2. The summed E-state index contributed by atoms with van der Waals surface area (Å²) >= 11 is 0. The zero-order chi connectivity index (χ0) is 22.6. The van der Waals surface area contributed by atoms with Crippen LogP contribution in [0, 0.1) is 0 Å². The molecular weight excluding hydrogens is 414 g/mol. The average molecular weight is 440 g/mol. The molecule has 0 radical (unpaired) electrons. The Hall–Kier alpha value is -3.90. The lowest BCUT2D eigenvalue weighted by molar-refractivity contribution is 0.102. The smallest absolute Gasteiger partial charge is 0.349 e. The summed E-state index contributed by atoms with van der Waals surface area (Å²) in [6.45, 7) is 4.89. The van der Waals surface area contributed by atoms with E-state index in [1.54, 1.807) is 18.2 Å². The van der Waals surface area contributed by atoms with Gasteiger partial charge in [0, 0.05) is 49.5 Å². The lowest BCUT2D eigenvalue weighted by Crippen LogP contribution is -2.45. The van der Waals surface area contributed by atoms with Crippen LogP contribution in [0.1, 0.15) is 15.9 Å². The summed E-state index contributed by atoms with van der Waals surface area (Å²) in [6.07, 6.45) is 0. The number of rotatable bonds is 5. The number of benzene rings is 3. The molecule has 33 heavy (non-hydrogen) atoms. The van der Waals surface area contributed by atoms with Crippen LogP contribution in [0.15, 0.2) is 94.1 Å². The van der Waals surface area contributed by atoms with Crippen LogP contribution in [0.4, 0.5) is 11.4 Å². The number of anilines is 2. The van der Waals surface area contributed by atoms with Crippen molar-refractivity contribution in [2.45, 2.75) is 6.54 Å². The molecule has 0 saturated carbocycles. The molecule has 5 rings (SSSR count). The van der Waals surface area contributed by atoms with Crippen LogP contribution in [-0.2, 0) is 6.54 Å². The van der Waals surface area contributed by atoms with Crippen molar-refractivity contribution in [3.05, 3.63) is 106 Å². The Bertz CT molecular complexity index is 1310. The maximum absolute atomic E-state index is 12.7. The molecule has 2 heterocycles. The molecule has 1 N–H and O–H groups in total. The zero-order valence-electron chi connectivity index (χ0n) is 18.2. The molecule has 3 aromatic carbocycles. The van der Waals surface area contributed by atoms with Crippen molar-refractivity contribution in [3.8, 4) is 0 Å². The van der Waals surface area contributed by atoms with Crippen molar-refractivity contribution in [1.82, 2.24) is 4.90 Å². The monoisotopic (exact) mass is 439 g/mol. The van der Waals surface area contributed by atoms with Gasteiger partial charge in [-0.25, -0.2) is 4.79 Å². The molecule has 0 aliphatic carbocycles. The van der Waals surface area contributed by atoms with Gasteiger partial charge in [0.1, 0.15) is 11.1 Å². The third-order valence-corrected chi connectivity index (χ3v) is 6.00. The largest absolute Gasteiger partial charge is 0.422 e. The van der Waals surface area contributed by atoms with Crippen LogP contribution in [-0.4, -0.2) is 37.0 Å². The molecule has 1 aliphatic heterocycles. The van der Waals surface area contributed by atoms with E-state index >= 15 is 0 Å². The first kappa shape index (κ1) is 21.0. The predicted octanol–water partition coefficient (Wildman–Crippen LogP) is 4.37. The molecule has 166 valence electrons. The fraction of sp³-hybridized carbons (Fsp3) is 0.185. The lowest BCUT2D eigenvalue weighted by Gasteiger charge is -2.36. The van der Waals surface area contributed by atoms with E-state index in [1.807, 2.05) is 42.5 Å². The first-order chi connectivity index (χ1) is 16.2. The summed E-state index contributed by atoms with van der Waals surface area (Å²) in [6, 6.07) is 27.0. The van der Waals surface area contributed by atoms with Crippen LogP contribution in [0.2, 0.25) is 0 Å². The summed E-state index contributed by atoms with van der Waals surface area (Å²) in [4.78, 5) is 29.7. The Morgan fingerprint density at radius 2 is 1.55 bits per heavy atom. The van der Waals surface area contributed by atoms with Crippen molar-refractivity contribution >= 4 is 28.3 Å². The number of carbonyl (C=O) groups is 1. The van der Waals surface area contributed by atoms with Crippen LogP contribution >= 0.6 is 0 Å². The second-order valence-corrected chi connectivity index (χ2v) is 8.24. The van der Waals surface area contributed by atoms with Gasteiger partial charge in [0.2, 0.25) is 0 Å². The van der Waals surface area contributed by atoms with Crippen molar-refractivity contribution < 1.29 is 9.21 Å². The third-order valence-electron chi connectivity index (χ3n) is 6.00. The standard InChI is InChI=1S/C27H25N3O3/c31-26(24-18-21-8-4-5-9-25(21)33-27(24)32)28-22-10-12-23(13-11-22)30-16-14-29(15-17-30)19-20-6-2-1-3-7-20/h1-13,18H,14-17,19H2,(H,28,31). The highest BCUT2D eigenvalue weighted by Crippen LogP contribution is 2.21. The van der Waals surface area contributed by atoms with Crippen LogP contribution in [0.3, 0.4) is 0 Å². The number of fused-ring (bicyclic) bond motifs is 1. The minimum Gasteiger partial charge on any atom is -0.422 e. The molecular formula is C27H25N3O3. The van der Waals surface area contributed by atoms with Gasteiger partial charge in [0.05, 0.1) is 0 Å². The van der Waals surface area contributed by atoms with Gasteiger partial charge in [0.15, 0.2) is 0 Å². The number of nitrogens with one attached hydrogen (secondary N) is 1. The maximum Gasteiger partial charge on any atom is 0.349 e. The highest BCUT2D eigenvalue weighted by atomic mass is 16.4. The van der Waals surface area contributed by atoms with Gasteiger partial charge in [-0.15, -0.1) is 0 Å². The predicted molar refractivity (Wildman–Crippen MR) is 131 cm³/mol. The number of piperazine rings is 1. The van der Waals surface area contributed by atoms with E-state index in [9.17, 15) is 9.59 Å². The van der Waals surface area contributed by atoms with Crippen molar-refractivity contribution in [2.24, 2.45) is 0 Å². The van der Waals surface area contributed by atoms with E-state index < -0.39 is 11.5 Å². The topological polar surface area (TPSA) is 65.8 Å². The second-order valence-electron chi connectivity index (χ2n) is 8.24. The SMILES string of the molecule is O=C(Nc1ccc(N2CCN(Cc3ccccc3)CC2)cc1)c1cc2ccccc2oc1=O. The molecule has 1 amide bonds. The van der Waals surface area contributed by atoms with Crippen molar-refractivity contribution in [3.63, 3.8) is 0 Å².